The monoisotopic (exact) mass is 255 g/mol. The Labute approximate surface area is 107 Å². The van der Waals surface area contributed by atoms with Gasteiger partial charge in [0.1, 0.15) is 5.41 Å². The van der Waals surface area contributed by atoms with E-state index in [1.54, 1.807) is 7.11 Å². The van der Waals surface area contributed by atoms with Gasteiger partial charge in [0.15, 0.2) is 5.84 Å². The van der Waals surface area contributed by atoms with Crippen LogP contribution in [-0.4, -0.2) is 36.2 Å². The van der Waals surface area contributed by atoms with Crippen LogP contribution in [-0.2, 0) is 9.53 Å². The van der Waals surface area contributed by atoms with Crippen molar-refractivity contribution in [2.45, 2.75) is 44.8 Å². The number of hydrogen-bond acceptors (Lipinski definition) is 4. The molecule has 2 saturated carbocycles. The van der Waals surface area contributed by atoms with Gasteiger partial charge in [-0.3, -0.25) is 4.79 Å². The van der Waals surface area contributed by atoms with Gasteiger partial charge in [-0.1, -0.05) is 12.1 Å². The summed E-state index contributed by atoms with van der Waals surface area (Å²) < 4.78 is 5.17. The van der Waals surface area contributed by atoms with Crippen LogP contribution < -0.4 is 11.1 Å². The molecule has 0 heterocycles. The maximum atomic E-state index is 12.3. The Bertz CT molecular complexity index is 358. The summed E-state index contributed by atoms with van der Waals surface area (Å²) in [6.45, 7) is 2.06. The summed E-state index contributed by atoms with van der Waals surface area (Å²) in [5, 5.41) is 14.8. The number of nitrogens with two attached hydrogens (primary N) is 1. The molecular weight excluding hydrogens is 234 g/mol. The SMILES string of the molecule is COC1CC(NC(=O)C2(C(N)=NO)CC(C)C2)C1. The van der Waals surface area contributed by atoms with Gasteiger partial charge in [0.05, 0.1) is 6.10 Å². The second-order valence-electron chi connectivity index (χ2n) is 5.58. The Balaban J connectivity index is 1.94. The smallest absolute Gasteiger partial charge is 0.234 e. The lowest BCUT2D eigenvalue weighted by molar-refractivity contribution is -0.135. The van der Waals surface area contributed by atoms with Crippen LogP contribution in [0.25, 0.3) is 0 Å². The first-order valence-electron chi connectivity index (χ1n) is 6.33. The zero-order valence-electron chi connectivity index (χ0n) is 10.8. The van der Waals surface area contributed by atoms with Gasteiger partial charge < -0.3 is 21.0 Å². The highest BCUT2D eigenvalue weighted by Gasteiger charge is 2.53. The third kappa shape index (κ3) is 2.05. The highest BCUT2D eigenvalue weighted by atomic mass is 16.5. The van der Waals surface area contributed by atoms with E-state index in [4.69, 9.17) is 15.7 Å². The van der Waals surface area contributed by atoms with Crippen LogP contribution in [0, 0.1) is 11.3 Å². The molecule has 0 aromatic rings. The Kier molecular flexibility index (Phi) is 3.47. The number of ether oxygens (including phenoxy) is 1. The van der Waals surface area contributed by atoms with Crippen LogP contribution in [0.15, 0.2) is 5.16 Å². The standard InChI is InChI=1S/C12H21N3O3/c1-7-5-12(6-7,10(13)15-17)11(16)14-8-3-9(4-8)18-2/h7-9,17H,3-6H2,1-2H3,(H2,13,15)(H,14,16). The molecule has 6 nitrogen and oxygen atoms in total. The highest BCUT2D eigenvalue weighted by molar-refractivity contribution is 6.07. The summed E-state index contributed by atoms with van der Waals surface area (Å²) in [7, 11) is 1.67. The van der Waals surface area contributed by atoms with Gasteiger partial charge in [0, 0.05) is 13.2 Å². The number of nitrogens with one attached hydrogen (secondary N) is 1. The zero-order chi connectivity index (χ0) is 13.3. The molecule has 4 N–H and O–H groups in total. The highest BCUT2D eigenvalue weighted by Crippen LogP contribution is 2.46. The average molecular weight is 255 g/mol. The maximum absolute atomic E-state index is 12.3. The quantitative estimate of drug-likeness (QED) is 0.294. The molecule has 1 amide bonds. The van der Waals surface area contributed by atoms with Gasteiger partial charge in [-0.25, -0.2) is 0 Å². The number of carbonyl (C=O) groups excluding carboxylic acids is 1. The van der Waals surface area contributed by atoms with Gasteiger partial charge in [0.2, 0.25) is 5.91 Å². The molecule has 0 spiro atoms. The van der Waals surface area contributed by atoms with Crippen LogP contribution in [0.3, 0.4) is 0 Å². The number of nitrogens with zero attached hydrogens (tertiary/aromatic N) is 1. The van der Waals surface area contributed by atoms with E-state index >= 15 is 0 Å². The molecule has 0 aromatic heterocycles. The first kappa shape index (κ1) is 13.1. The number of hydrogen-bond donors (Lipinski definition) is 3. The molecular formula is C12H21N3O3. The van der Waals surface area contributed by atoms with Crippen molar-refractivity contribution < 1.29 is 14.7 Å². The first-order chi connectivity index (χ1) is 8.51. The molecule has 0 aliphatic heterocycles. The fourth-order valence-electron chi connectivity index (χ4n) is 2.94. The van der Waals surface area contributed by atoms with Crippen molar-refractivity contribution in [2.75, 3.05) is 7.11 Å². The molecule has 0 atom stereocenters. The number of carbonyl (C=O) groups is 1. The fraction of sp³-hybridized carbons (Fsp3) is 0.833. The lowest BCUT2D eigenvalue weighted by Gasteiger charge is -2.45. The first-order valence-corrected chi connectivity index (χ1v) is 6.33. The summed E-state index contributed by atoms with van der Waals surface area (Å²) in [5.74, 6) is 0.348. The Morgan fingerprint density at radius 2 is 2.11 bits per heavy atom. The summed E-state index contributed by atoms with van der Waals surface area (Å²) in [4.78, 5) is 12.3. The minimum Gasteiger partial charge on any atom is -0.409 e. The van der Waals surface area contributed by atoms with E-state index in [0.717, 1.165) is 12.8 Å². The van der Waals surface area contributed by atoms with E-state index in [1.165, 1.54) is 0 Å². The Morgan fingerprint density at radius 1 is 1.50 bits per heavy atom. The maximum Gasteiger partial charge on any atom is 0.234 e. The average Bonchev–Trinajstić information content (AvgIpc) is 2.27. The van der Waals surface area contributed by atoms with E-state index < -0.39 is 5.41 Å². The van der Waals surface area contributed by atoms with E-state index in [0.29, 0.717) is 18.8 Å². The van der Waals surface area contributed by atoms with Crippen LogP contribution in [0.5, 0.6) is 0 Å². The molecule has 2 fully saturated rings. The predicted octanol–water partition coefficient (Wildman–Crippen LogP) is 0.443. The number of oxime groups is 1. The van der Waals surface area contributed by atoms with Gasteiger partial charge in [0.25, 0.3) is 0 Å². The molecule has 102 valence electrons. The minimum absolute atomic E-state index is 0.0284. The molecule has 0 radical (unpaired) electrons. The third-order valence-electron chi connectivity index (χ3n) is 4.19. The fourth-order valence-corrected chi connectivity index (χ4v) is 2.94. The normalized spacial score (nSPS) is 39.7. The van der Waals surface area contributed by atoms with Crippen LogP contribution in [0.2, 0.25) is 0 Å². The molecule has 2 rings (SSSR count). The van der Waals surface area contributed by atoms with Crippen molar-refractivity contribution in [3.8, 4) is 0 Å². The van der Waals surface area contributed by atoms with Crippen molar-refractivity contribution in [1.82, 2.24) is 5.32 Å². The van der Waals surface area contributed by atoms with Crippen LogP contribution >= 0.6 is 0 Å². The van der Waals surface area contributed by atoms with E-state index in [-0.39, 0.29) is 23.9 Å². The second-order valence-corrected chi connectivity index (χ2v) is 5.58. The molecule has 18 heavy (non-hydrogen) atoms. The van der Waals surface area contributed by atoms with E-state index in [9.17, 15) is 4.79 Å². The molecule has 0 bridgehead atoms. The topological polar surface area (TPSA) is 96.9 Å². The Hall–Kier alpha value is -1.30. The summed E-state index contributed by atoms with van der Waals surface area (Å²) in [6, 6.07) is 0.154. The van der Waals surface area contributed by atoms with Crippen LogP contribution in [0.1, 0.15) is 32.6 Å². The van der Waals surface area contributed by atoms with Crippen molar-refractivity contribution in [3.05, 3.63) is 0 Å². The van der Waals surface area contributed by atoms with Gasteiger partial charge >= 0.3 is 0 Å². The van der Waals surface area contributed by atoms with Gasteiger partial charge in [-0.2, -0.15) is 0 Å². The third-order valence-corrected chi connectivity index (χ3v) is 4.19. The molecule has 0 saturated heterocycles. The summed E-state index contributed by atoms with van der Waals surface area (Å²) in [6.07, 6.45) is 3.22. The lowest BCUT2D eigenvalue weighted by Crippen LogP contribution is -2.60. The number of rotatable bonds is 4. The van der Waals surface area contributed by atoms with Crippen molar-refractivity contribution in [1.29, 1.82) is 0 Å². The zero-order valence-corrected chi connectivity index (χ0v) is 10.8. The summed E-state index contributed by atoms with van der Waals surface area (Å²) in [5.41, 5.74) is 4.88. The minimum atomic E-state index is -0.799. The second kappa shape index (κ2) is 4.76. The predicted molar refractivity (Wildman–Crippen MR) is 66.2 cm³/mol. The van der Waals surface area contributed by atoms with Crippen molar-refractivity contribution in [2.24, 2.45) is 22.2 Å². The molecule has 2 aliphatic carbocycles. The largest absolute Gasteiger partial charge is 0.409 e. The Morgan fingerprint density at radius 3 is 2.56 bits per heavy atom. The van der Waals surface area contributed by atoms with Gasteiger partial charge in [-0.15, -0.1) is 0 Å². The summed E-state index contributed by atoms with van der Waals surface area (Å²) >= 11 is 0. The molecule has 2 aliphatic rings. The van der Waals surface area contributed by atoms with E-state index in [2.05, 4.69) is 17.4 Å². The number of methoxy groups -OCH3 is 1. The molecule has 6 heteroatoms. The van der Waals surface area contributed by atoms with Crippen molar-refractivity contribution in [3.63, 3.8) is 0 Å². The van der Waals surface area contributed by atoms with Gasteiger partial charge in [-0.05, 0) is 31.6 Å². The van der Waals surface area contributed by atoms with Crippen molar-refractivity contribution >= 4 is 11.7 Å². The number of amides is 1. The lowest BCUT2D eigenvalue weighted by atomic mass is 9.61. The molecule has 0 aromatic carbocycles. The van der Waals surface area contributed by atoms with E-state index in [1.807, 2.05) is 0 Å². The molecule has 0 unspecified atom stereocenters. The number of amidine groups is 1. The van der Waals surface area contributed by atoms with Crippen LogP contribution in [0.4, 0.5) is 0 Å².